The molecule has 0 bridgehead atoms. The van der Waals surface area contributed by atoms with Crippen LogP contribution < -0.4 is 10.6 Å². The van der Waals surface area contributed by atoms with E-state index in [0.717, 1.165) is 29.9 Å². The zero-order valence-corrected chi connectivity index (χ0v) is 11.9. The van der Waals surface area contributed by atoms with E-state index in [4.69, 9.17) is 5.73 Å². The van der Waals surface area contributed by atoms with Crippen molar-refractivity contribution in [1.29, 1.82) is 0 Å². The van der Waals surface area contributed by atoms with Gasteiger partial charge in [-0.2, -0.15) is 0 Å². The van der Waals surface area contributed by atoms with Crippen LogP contribution in [0, 0.1) is 0 Å². The molecule has 1 aliphatic rings. The van der Waals surface area contributed by atoms with Crippen LogP contribution in [0.15, 0.2) is 16.7 Å². The molecule has 1 saturated heterocycles. The minimum Gasteiger partial charge on any atom is -0.397 e. The SMILES string of the molecule is CC1CN(C)CCCN1c1ncc(N)cc1Br. The first-order valence-corrected chi connectivity index (χ1v) is 6.73. The van der Waals surface area contributed by atoms with Gasteiger partial charge in [-0.05, 0) is 48.9 Å². The van der Waals surface area contributed by atoms with E-state index in [0.29, 0.717) is 11.7 Å². The maximum Gasteiger partial charge on any atom is 0.143 e. The second kappa shape index (κ2) is 5.23. The zero-order chi connectivity index (χ0) is 12.4. The number of nitrogen functional groups attached to an aromatic ring is 1. The van der Waals surface area contributed by atoms with Crippen LogP contribution in [0.25, 0.3) is 0 Å². The number of aromatic nitrogens is 1. The fraction of sp³-hybridized carbons (Fsp3) is 0.583. The lowest BCUT2D eigenvalue weighted by molar-refractivity contribution is 0.337. The molecule has 0 aliphatic carbocycles. The highest BCUT2D eigenvalue weighted by Gasteiger charge is 2.22. The number of hydrogen-bond donors (Lipinski definition) is 1. The lowest BCUT2D eigenvalue weighted by Gasteiger charge is -2.29. The van der Waals surface area contributed by atoms with Gasteiger partial charge in [-0.1, -0.05) is 0 Å². The van der Waals surface area contributed by atoms with E-state index in [2.05, 4.69) is 44.7 Å². The molecule has 0 radical (unpaired) electrons. The molecule has 2 heterocycles. The Morgan fingerprint density at radius 3 is 2.94 bits per heavy atom. The van der Waals surface area contributed by atoms with Crippen LogP contribution in [0.4, 0.5) is 11.5 Å². The van der Waals surface area contributed by atoms with Gasteiger partial charge in [-0.15, -0.1) is 0 Å². The normalized spacial score (nSPS) is 22.5. The summed E-state index contributed by atoms with van der Waals surface area (Å²) >= 11 is 3.55. The van der Waals surface area contributed by atoms with E-state index >= 15 is 0 Å². The number of likely N-dealkylation sites (N-methyl/N-ethyl adjacent to an activating group) is 1. The van der Waals surface area contributed by atoms with E-state index in [1.54, 1.807) is 6.20 Å². The number of nitrogens with two attached hydrogens (primary N) is 1. The van der Waals surface area contributed by atoms with E-state index < -0.39 is 0 Å². The topological polar surface area (TPSA) is 45.4 Å². The molecule has 1 atom stereocenters. The molecule has 0 saturated carbocycles. The molecule has 1 fully saturated rings. The Balaban J connectivity index is 2.25. The summed E-state index contributed by atoms with van der Waals surface area (Å²) < 4.78 is 0.980. The molecule has 0 aromatic carbocycles. The smallest absolute Gasteiger partial charge is 0.143 e. The van der Waals surface area contributed by atoms with Crippen molar-refractivity contribution in [3.05, 3.63) is 16.7 Å². The lowest BCUT2D eigenvalue weighted by atomic mass is 10.2. The Morgan fingerprint density at radius 2 is 2.24 bits per heavy atom. The summed E-state index contributed by atoms with van der Waals surface area (Å²) in [5.74, 6) is 1.00. The Morgan fingerprint density at radius 1 is 1.47 bits per heavy atom. The first-order chi connectivity index (χ1) is 8.08. The number of pyridine rings is 1. The summed E-state index contributed by atoms with van der Waals surface area (Å²) in [6.45, 7) is 5.50. The largest absolute Gasteiger partial charge is 0.397 e. The van der Waals surface area contributed by atoms with Gasteiger partial charge >= 0.3 is 0 Å². The minimum absolute atomic E-state index is 0.468. The Kier molecular flexibility index (Phi) is 3.89. The highest BCUT2D eigenvalue weighted by molar-refractivity contribution is 9.10. The fourth-order valence-electron chi connectivity index (χ4n) is 2.34. The molecule has 4 nitrogen and oxygen atoms in total. The van der Waals surface area contributed by atoms with Crippen molar-refractivity contribution >= 4 is 27.4 Å². The molecule has 2 N–H and O–H groups in total. The number of anilines is 2. The molecule has 5 heteroatoms. The molecule has 94 valence electrons. The van der Waals surface area contributed by atoms with E-state index in [9.17, 15) is 0 Å². The molecule has 17 heavy (non-hydrogen) atoms. The predicted molar refractivity (Wildman–Crippen MR) is 75.3 cm³/mol. The molecular formula is C12H19BrN4. The summed E-state index contributed by atoms with van der Waals surface area (Å²) in [5.41, 5.74) is 6.42. The van der Waals surface area contributed by atoms with Crippen LogP contribution in [0.2, 0.25) is 0 Å². The van der Waals surface area contributed by atoms with Gasteiger partial charge in [-0.25, -0.2) is 4.98 Å². The van der Waals surface area contributed by atoms with Crippen molar-refractivity contribution < 1.29 is 0 Å². The number of rotatable bonds is 1. The summed E-state index contributed by atoms with van der Waals surface area (Å²) in [7, 11) is 2.17. The van der Waals surface area contributed by atoms with Crippen molar-refractivity contribution in [2.75, 3.05) is 37.3 Å². The number of hydrogen-bond acceptors (Lipinski definition) is 4. The van der Waals surface area contributed by atoms with E-state index in [1.807, 2.05) is 6.07 Å². The van der Waals surface area contributed by atoms with Gasteiger partial charge < -0.3 is 15.5 Å². The first kappa shape index (κ1) is 12.6. The number of halogens is 1. The third kappa shape index (κ3) is 2.90. The molecule has 2 rings (SSSR count). The fourth-order valence-corrected chi connectivity index (χ4v) is 2.94. The Hall–Kier alpha value is -0.810. The Labute approximate surface area is 111 Å². The van der Waals surface area contributed by atoms with Gasteiger partial charge in [0.2, 0.25) is 0 Å². The van der Waals surface area contributed by atoms with Gasteiger partial charge in [0.15, 0.2) is 0 Å². The zero-order valence-electron chi connectivity index (χ0n) is 10.4. The molecule has 0 spiro atoms. The van der Waals surface area contributed by atoms with Gasteiger partial charge in [0.25, 0.3) is 0 Å². The van der Waals surface area contributed by atoms with Crippen LogP contribution in [0.1, 0.15) is 13.3 Å². The maximum absolute atomic E-state index is 5.73. The third-order valence-corrected chi connectivity index (χ3v) is 3.75. The van der Waals surface area contributed by atoms with Crippen molar-refractivity contribution in [1.82, 2.24) is 9.88 Å². The van der Waals surface area contributed by atoms with Gasteiger partial charge in [0.1, 0.15) is 5.82 Å². The summed E-state index contributed by atoms with van der Waals surface area (Å²) in [4.78, 5) is 9.18. The van der Waals surface area contributed by atoms with E-state index in [1.165, 1.54) is 6.42 Å². The quantitative estimate of drug-likeness (QED) is 0.861. The predicted octanol–water partition coefficient (Wildman–Crippen LogP) is 1.96. The molecule has 1 aromatic rings. The van der Waals surface area contributed by atoms with Crippen LogP contribution >= 0.6 is 15.9 Å². The number of nitrogens with zero attached hydrogens (tertiary/aromatic N) is 3. The van der Waals surface area contributed by atoms with Gasteiger partial charge in [-0.3, -0.25) is 0 Å². The van der Waals surface area contributed by atoms with Crippen LogP contribution in [0.3, 0.4) is 0 Å². The van der Waals surface area contributed by atoms with Crippen molar-refractivity contribution in [2.45, 2.75) is 19.4 Å². The van der Waals surface area contributed by atoms with Gasteiger partial charge in [0, 0.05) is 19.1 Å². The Bertz CT molecular complexity index is 396. The van der Waals surface area contributed by atoms with Crippen LogP contribution in [-0.2, 0) is 0 Å². The highest BCUT2D eigenvalue weighted by atomic mass is 79.9. The first-order valence-electron chi connectivity index (χ1n) is 5.94. The molecular weight excluding hydrogens is 280 g/mol. The third-order valence-electron chi connectivity index (χ3n) is 3.16. The maximum atomic E-state index is 5.73. The molecule has 1 aliphatic heterocycles. The second-order valence-corrected chi connectivity index (χ2v) is 5.59. The summed E-state index contributed by atoms with van der Waals surface area (Å²) in [6, 6.07) is 2.39. The molecule has 0 amide bonds. The van der Waals surface area contributed by atoms with Crippen molar-refractivity contribution in [3.8, 4) is 0 Å². The minimum atomic E-state index is 0.468. The summed E-state index contributed by atoms with van der Waals surface area (Å²) in [6.07, 6.45) is 2.89. The van der Waals surface area contributed by atoms with Crippen LogP contribution in [-0.4, -0.2) is 42.6 Å². The monoisotopic (exact) mass is 298 g/mol. The van der Waals surface area contributed by atoms with Crippen LogP contribution in [0.5, 0.6) is 0 Å². The van der Waals surface area contributed by atoms with Crippen molar-refractivity contribution in [2.24, 2.45) is 0 Å². The van der Waals surface area contributed by atoms with Gasteiger partial charge in [0.05, 0.1) is 16.4 Å². The average Bonchev–Trinajstić information content (AvgIpc) is 2.40. The standard InChI is InChI=1S/C12H19BrN4/c1-9-8-16(2)4-3-5-17(9)12-11(13)6-10(14)7-15-12/h6-7,9H,3-5,8,14H2,1-2H3. The average molecular weight is 299 g/mol. The summed E-state index contributed by atoms with van der Waals surface area (Å²) in [5, 5.41) is 0. The van der Waals surface area contributed by atoms with Crippen molar-refractivity contribution in [3.63, 3.8) is 0 Å². The highest BCUT2D eigenvalue weighted by Crippen LogP contribution is 2.28. The lowest BCUT2D eigenvalue weighted by Crippen LogP contribution is -2.38. The van der Waals surface area contributed by atoms with E-state index in [-0.39, 0.29) is 0 Å². The molecule has 1 aromatic heterocycles. The second-order valence-electron chi connectivity index (χ2n) is 4.73. The molecule has 1 unspecified atom stereocenters.